The fourth-order valence-corrected chi connectivity index (χ4v) is 2.09. The zero-order valence-corrected chi connectivity index (χ0v) is 12.1. The summed E-state index contributed by atoms with van der Waals surface area (Å²) in [6.07, 6.45) is -4.49. The van der Waals surface area contributed by atoms with Gasteiger partial charge in [0, 0.05) is 4.47 Å². The van der Waals surface area contributed by atoms with Gasteiger partial charge in [-0.15, -0.1) is 0 Å². The lowest BCUT2D eigenvalue weighted by Gasteiger charge is -2.13. The van der Waals surface area contributed by atoms with Crippen molar-refractivity contribution in [3.05, 3.63) is 52.0 Å². The normalized spacial score (nSPS) is 11.0. The maximum atomic E-state index is 12.6. The number of nitrogens with one attached hydrogen (secondary N) is 1. The molecule has 0 saturated heterocycles. The highest BCUT2D eigenvalue weighted by Crippen LogP contribution is 2.33. The van der Waals surface area contributed by atoms with E-state index in [4.69, 9.17) is 11.0 Å². The number of nitrogens with two attached hydrogens (primary N) is 1. The molecule has 21 heavy (non-hydrogen) atoms. The second kappa shape index (κ2) is 5.66. The van der Waals surface area contributed by atoms with E-state index in [1.165, 1.54) is 6.07 Å². The van der Waals surface area contributed by atoms with Crippen molar-refractivity contribution in [2.24, 2.45) is 0 Å². The SMILES string of the molecule is N#Cc1cc(C(F)(F)F)ccc1Nc1ccc(Br)cc1N. The molecule has 7 heteroatoms. The van der Waals surface area contributed by atoms with Crippen molar-refractivity contribution in [3.63, 3.8) is 0 Å². The predicted molar refractivity (Wildman–Crippen MR) is 78.0 cm³/mol. The smallest absolute Gasteiger partial charge is 0.397 e. The molecule has 0 aliphatic heterocycles. The summed E-state index contributed by atoms with van der Waals surface area (Å²) >= 11 is 3.26. The fraction of sp³-hybridized carbons (Fsp3) is 0.0714. The first-order valence-corrected chi connectivity index (χ1v) is 6.54. The van der Waals surface area contributed by atoms with Gasteiger partial charge in [0.05, 0.1) is 28.2 Å². The van der Waals surface area contributed by atoms with Crippen LogP contribution < -0.4 is 11.1 Å². The molecule has 0 amide bonds. The molecule has 0 radical (unpaired) electrons. The number of halogens is 4. The standard InChI is InChI=1S/C14H9BrF3N3/c15-10-2-4-13(11(20)6-10)21-12-3-1-9(14(16,17)18)5-8(12)7-19/h1-6,21H,20H2. The molecule has 0 bridgehead atoms. The number of rotatable bonds is 2. The first-order chi connectivity index (χ1) is 9.81. The van der Waals surface area contributed by atoms with Gasteiger partial charge in [-0.2, -0.15) is 18.4 Å². The van der Waals surface area contributed by atoms with Crippen LogP contribution in [0.4, 0.5) is 30.2 Å². The summed E-state index contributed by atoms with van der Waals surface area (Å²) in [7, 11) is 0. The lowest BCUT2D eigenvalue weighted by atomic mass is 10.1. The summed E-state index contributed by atoms with van der Waals surface area (Å²) in [5.41, 5.74) is 6.02. The topological polar surface area (TPSA) is 61.8 Å². The summed E-state index contributed by atoms with van der Waals surface area (Å²) in [5.74, 6) is 0. The van der Waals surface area contributed by atoms with Gasteiger partial charge in [-0.3, -0.25) is 0 Å². The van der Waals surface area contributed by atoms with E-state index < -0.39 is 11.7 Å². The third kappa shape index (κ3) is 3.47. The fourth-order valence-electron chi connectivity index (χ4n) is 1.71. The van der Waals surface area contributed by atoms with Gasteiger partial charge < -0.3 is 11.1 Å². The van der Waals surface area contributed by atoms with Crippen molar-refractivity contribution in [3.8, 4) is 6.07 Å². The van der Waals surface area contributed by atoms with Crippen LogP contribution in [0.1, 0.15) is 11.1 Å². The monoisotopic (exact) mass is 355 g/mol. The molecule has 2 aromatic carbocycles. The molecule has 2 aromatic rings. The Hall–Kier alpha value is -2.20. The first-order valence-electron chi connectivity index (χ1n) is 5.74. The Bertz CT molecular complexity index is 720. The van der Waals surface area contributed by atoms with Crippen LogP contribution in [0.25, 0.3) is 0 Å². The van der Waals surface area contributed by atoms with Crippen molar-refractivity contribution in [1.82, 2.24) is 0 Å². The number of nitrogen functional groups attached to an aromatic ring is 1. The van der Waals surface area contributed by atoms with Gasteiger partial charge in [0.1, 0.15) is 6.07 Å². The maximum absolute atomic E-state index is 12.6. The molecule has 3 N–H and O–H groups in total. The predicted octanol–water partition coefficient (Wildman–Crippen LogP) is 4.67. The quantitative estimate of drug-likeness (QED) is 0.769. The molecule has 0 fully saturated rings. The van der Waals surface area contributed by atoms with E-state index in [0.29, 0.717) is 11.4 Å². The van der Waals surface area contributed by atoms with E-state index in [1.54, 1.807) is 24.3 Å². The lowest BCUT2D eigenvalue weighted by molar-refractivity contribution is -0.137. The number of nitriles is 1. The molecule has 0 spiro atoms. The molecule has 2 rings (SSSR count). The number of hydrogen-bond acceptors (Lipinski definition) is 3. The van der Waals surface area contributed by atoms with Crippen LogP contribution in [0.5, 0.6) is 0 Å². The molecular weight excluding hydrogens is 347 g/mol. The average Bonchev–Trinajstić information content (AvgIpc) is 2.41. The van der Waals surface area contributed by atoms with Gasteiger partial charge in [0.25, 0.3) is 0 Å². The van der Waals surface area contributed by atoms with Gasteiger partial charge in [0.2, 0.25) is 0 Å². The first kappa shape index (κ1) is 15.2. The minimum atomic E-state index is -4.49. The Kier molecular flexibility index (Phi) is 4.09. The zero-order chi connectivity index (χ0) is 15.6. The Morgan fingerprint density at radius 3 is 2.33 bits per heavy atom. The summed E-state index contributed by atoms with van der Waals surface area (Å²) in [5, 5.41) is 11.9. The van der Waals surface area contributed by atoms with E-state index >= 15 is 0 Å². The highest BCUT2D eigenvalue weighted by atomic mass is 79.9. The van der Waals surface area contributed by atoms with Crippen LogP contribution in [0, 0.1) is 11.3 Å². The van der Waals surface area contributed by atoms with Crippen LogP contribution in [-0.2, 0) is 6.18 Å². The zero-order valence-electron chi connectivity index (χ0n) is 10.5. The van der Waals surface area contributed by atoms with Crippen LogP contribution in [0.2, 0.25) is 0 Å². The van der Waals surface area contributed by atoms with E-state index in [2.05, 4.69) is 21.2 Å². The number of hydrogen-bond donors (Lipinski definition) is 2. The van der Waals surface area contributed by atoms with Crippen LogP contribution in [0.3, 0.4) is 0 Å². The number of anilines is 3. The number of nitrogens with zero attached hydrogens (tertiary/aromatic N) is 1. The minimum absolute atomic E-state index is 0.104. The van der Waals surface area contributed by atoms with Crippen LogP contribution in [-0.4, -0.2) is 0 Å². The third-order valence-electron chi connectivity index (χ3n) is 2.75. The Morgan fingerprint density at radius 1 is 1.10 bits per heavy atom. The molecule has 108 valence electrons. The Labute approximate surface area is 127 Å². The molecule has 0 saturated carbocycles. The van der Waals surface area contributed by atoms with Crippen LogP contribution in [0.15, 0.2) is 40.9 Å². The van der Waals surface area contributed by atoms with Gasteiger partial charge in [-0.25, -0.2) is 0 Å². The van der Waals surface area contributed by atoms with Crippen molar-refractivity contribution in [1.29, 1.82) is 5.26 Å². The Morgan fingerprint density at radius 2 is 1.76 bits per heavy atom. The molecule has 0 unspecified atom stereocenters. The van der Waals surface area contributed by atoms with E-state index in [1.807, 2.05) is 0 Å². The molecule has 3 nitrogen and oxygen atoms in total. The van der Waals surface area contributed by atoms with Crippen molar-refractivity contribution in [2.75, 3.05) is 11.1 Å². The van der Waals surface area contributed by atoms with Crippen LogP contribution >= 0.6 is 15.9 Å². The molecule has 0 atom stereocenters. The van der Waals surface area contributed by atoms with Crippen molar-refractivity contribution in [2.45, 2.75) is 6.18 Å². The minimum Gasteiger partial charge on any atom is -0.397 e. The van der Waals surface area contributed by atoms with Gasteiger partial charge >= 0.3 is 6.18 Å². The third-order valence-corrected chi connectivity index (χ3v) is 3.24. The second-order valence-corrected chi connectivity index (χ2v) is 5.14. The van der Waals surface area contributed by atoms with Gasteiger partial charge in [0.15, 0.2) is 0 Å². The molecule has 0 aliphatic carbocycles. The highest BCUT2D eigenvalue weighted by molar-refractivity contribution is 9.10. The molecule has 0 heterocycles. The molecule has 0 aromatic heterocycles. The lowest BCUT2D eigenvalue weighted by Crippen LogP contribution is -2.06. The largest absolute Gasteiger partial charge is 0.416 e. The average molecular weight is 356 g/mol. The molecular formula is C14H9BrF3N3. The van der Waals surface area contributed by atoms with E-state index in [0.717, 1.165) is 16.6 Å². The maximum Gasteiger partial charge on any atom is 0.416 e. The van der Waals surface area contributed by atoms with E-state index in [9.17, 15) is 13.2 Å². The summed E-state index contributed by atoms with van der Waals surface area (Å²) in [6.45, 7) is 0. The second-order valence-electron chi connectivity index (χ2n) is 4.23. The van der Waals surface area contributed by atoms with Crippen molar-refractivity contribution < 1.29 is 13.2 Å². The van der Waals surface area contributed by atoms with Gasteiger partial charge in [-0.05, 0) is 36.4 Å². The van der Waals surface area contributed by atoms with E-state index in [-0.39, 0.29) is 11.3 Å². The summed E-state index contributed by atoms with van der Waals surface area (Å²) in [6, 6.07) is 9.72. The molecule has 0 aliphatic rings. The summed E-state index contributed by atoms with van der Waals surface area (Å²) in [4.78, 5) is 0. The summed E-state index contributed by atoms with van der Waals surface area (Å²) < 4.78 is 38.6. The van der Waals surface area contributed by atoms with Gasteiger partial charge in [-0.1, -0.05) is 15.9 Å². The number of benzene rings is 2. The highest BCUT2D eigenvalue weighted by Gasteiger charge is 2.31. The van der Waals surface area contributed by atoms with Crippen molar-refractivity contribution >= 4 is 33.0 Å². The Balaban J connectivity index is 2.39. The number of alkyl halides is 3.